The van der Waals surface area contributed by atoms with Gasteiger partial charge in [0.2, 0.25) is 10.0 Å². The summed E-state index contributed by atoms with van der Waals surface area (Å²) < 4.78 is 27.5. The van der Waals surface area contributed by atoms with Crippen LogP contribution in [0.5, 0.6) is 5.75 Å². The molecule has 2 aromatic rings. The number of sulfonamides is 1. The van der Waals surface area contributed by atoms with Crippen molar-refractivity contribution in [2.24, 2.45) is 5.14 Å². The van der Waals surface area contributed by atoms with Gasteiger partial charge in [-0.3, -0.25) is 4.79 Å². The van der Waals surface area contributed by atoms with Gasteiger partial charge in [0.05, 0.1) is 17.6 Å². The average molecular weight is 369 g/mol. The van der Waals surface area contributed by atoms with E-state index in [1.807, 2.05) is 0 Å². The smallest absolute Gasteiger partial charge is 0.255 e. The molecule has 0 bridgehead atoms. The summed E-state index contributed by atoms with van der Waals surface area (Å²) in [4.78, 5) is 12.2. The molecule has 6 nitrogen and oxygen atoms in total. The molecular weight excluding hydrogens is 352 g/mol. The highest BCUT2D eigenvalue weighted by molar-refractivity contribution is 7.89. The van der Waals surface area contributed by atoms with Crippen molar-refractivity contribution in [2.75, 3.05) is 13.7 Å². The third kappa shape index (κ3) is 4.70. The zero-order valence-corrected chi connectivity index (χ0v) is 14.5. The van der Waals surface area contributed by atoms with E-state index in [1.165, 1.54) is 19.2 Å². The van der Waals surface area contributed by atoms with Crippen LogP contribution in [0.4, 0.5) is 0 Å². The number of ether oxygens (including phenoxy) is 1. The first-order valence-electron chi connectivity index (χ1n) is 7.05. The van der Waals surface area contributed by atoms with Gasteiger partial charge in [0.15, 0.2) is 0 Å². The van der Waals surface area contributed by atoms with Gasteiger partial charge >= 0.3 is 0 Å². The first-order chi connectivity index (χ1) is 11.3. The van der Waals surface area contributed by atoms with Crippen LogP contribution in [0.3, 0.4) is 0 Å². The van der Waals surface area contributed by atoms with E-state index in [1.54, 1.807) is 30.3 Å². The molecule has 0 heterocycles. The highest BCUT2D eigenvalue weighted by Gasteiger charge is 2.12. The van der Waals surface area contributed by atoms with Crippen molar-refractivity contribution < 1.29 is 17.9 Å². The van der Waals surface area contributed by atoms with Crippen molar-refractivity contribution in [3.63, 3.8) is 0 Å². The Balaban J connectivity index is 1.96. The van der Waals surface area contributed by atoms with Crippen LogP contribution in [-0.4, -0.2) is 28.0 Å². The molecule has 0 saturated heterocycles. The minimum Gasteiger partial charge on any atom is -0.496 e. The fraction of sp³-hybridized carbons (Fsp3) is 0.188. The molecule has 128 valence electrons. The molecule has 0 radical (unpaired) electrons. The number of rotatable bonds is 6. The van der Waals surface area contributed by atoms with E-state index in [2.05, 4.69) is 5.32 Å². The van der Waals surface area contributed by atoms with Crippen LogP contribution in [0, 0.1) is 0 Å². The van der Waals surface area contributed by atoms with Gasteiger partial charge in [-0.25, -0.2) is 13.6 Å². The molecule has 0 aliphatic heterocycles. The Labute approximate surface area is 145 Å². The van der Waals surface area contributed by atoms with E-state index in [0.717, 1.165) is 5.56 Å². The molecule has 0 unspecified atom stereocenters. The van der Waals surface area contributed by atoms with Gasteiger partial charge in [0, 0.05) is 11.6 Å². The summed E-state index contributed by atoms with van der Waals surface area (Å²) in [7, 11) is -2.23. The summed E-state index contributed by atoms with van der Waals surface area (Å²) in [6.07, 6.45) is 0.548. The zero-order valence-electron chi connectivity index (χ0n) is 13.0. The van der Waals surface area contributed by atoms with E-state index in [4.69, 9.17) is 21.5 Å². The second kappa shape index (κ2) is 7.65. The van der Waals surface area contributed by atoms with E-state index in [-0.39, 0.29) is 10.8 Å². The number of hydrogen-bond donors (Lipinski definition) is 2. The zero-order chi connectivity index (χ0) is 17.7. The minimum atomic E-state index is -3.70. The Kier molecular flexibility index (Phi) is 5.82. The van der Waals surface area contributed by atoms with Crippen molar-refractivity contribution >= 4 is 27.5 Å². The lowest BCUT2D eigenvalue weighted by Gasteiger charge is -2.10. The van der Waals surface area contributed by atoms with Gasteiger partial charge in [0.1, 0.15) is 5.75 Å². The minimum absolute atomic E-state index is 0.0567. The molecule has 8 heteroatoms. The van der Waals surface area contributed by atoms with Gasteiger partial charge in [0.25, 0.3) is 5.91 Å². The maximum absolute atomic E-state index is 12.2. The number of nitrogens with two attached hydrogens (primary N) is 1. The molecule has 2 aromatic carbocycles. The first-order valence-corrected chi connectivity index (χ1v) is 8.97. The van der Waals surface area contributed by atoms with E-state index in [9.17, 15) is 13.2 Å². The SMILES string of the molecule is COc1cc(Cl)ccc1C(=O)NCCc1ccc(S(N)(=O)=O)cc1. The van der Waals surface area contributed by atoms with Crippen molar-refractivity contribution in [1.29, 1.82) is 0 Å². The lowest BCUT2D eigenvalue weighted by Crippen LogP contribution is -2.26. The summed E-state index contributed by atoms with van der Waals surface area (Å²) in [6, 6.07) is 11.0. The molecule has 2 rings (SSSR count). The van der Waals surface area contributed by atoms with Gasteiger partial charge in [-0.1, -0.05) is 23.7 Å². The predicted molar refractivity (Wildman–Crippen MR) is 91.9 cm³/mol. The fourth-order valence-electron chi connectivity index (χ4n) is 2.11. The number of hydrogen-bond acceptors (Lipinski definition) is 4. The topological polar surface area (TPSA) is 98.5 Å². The molecule has 1 amide bonds. The van der Waals surface area contributed by atoms with Crippen molar-refractivity contribution in [3.8, 4) is 5.75 Å². The molecule has 0 spiro atoms. The number of primary sulfonamides is 1. The second-order valence-electron chi connectivity index (χ2n) is 5.04. The Hall–Kier alpha value is -2.09. The predicted octanol–water partition coefficient (Wildman–Crippen LogP) is 1.97. The van der Waals surface area contributed by atoms with Crippen LogP contribution in [0.1, 0.15) is 15.9 Å². The van der Waals surface area contributed by atoms with Crippen molar-refractivity contribution in [1.82, 2.24) is 5.32 Å². The van der Waals surface area contributed by atoms with Crippen LogP contribution < -0.4 is 15.2 Å². The average Bonchev–Trinajstić information content (AvgIpc) is 2.54. The largest absolute Gasteiger partial charge is 0.496 e. The number of methoxy groups -OCH3 is 1. The van der Waals surface area contributed by atoms with Gasteiger partial charge in [-0.15, -0.1) is 0 Å². The van der Waals surface area contributed by atoms with Gasteiger partial charge in [-0.05, 0) is 42.3 Å². The van der Waals surface area contributed by atoms with Crippen LogP contribution >= 0.6 is 11.6 Å². The van der Waals surface area contributed by atoms with E-state index >= 15 is 0 Å². The summed E-state index contributed by atoms with van der Waals surface area (Å²) in [5, 5.41) is 8.31. The van der Waals surface area contributed by atoms with Gasteiger partial charge < -0.3 is 10.1 Å². The summed E-state index contributed by atoms with van der Waals surface area (Å²) >= 11 is 5.87. The normalized spacial score (nSPS) is 11.1. The van der Waals surface area contributed by atoms with Crippen molar-refractivity contribution in [2.45, 2.75) is 11.3 Å². The molecule has 24 heavy (non-hydrogen) atoms. The Morgan fingerprint density at radius 2 is 1.88 bits per heavy atom. The molecule has 3 N–H and O–H groups in total. The summed E-state index contributed by atoms with van der Waals surface area (Å²) in [5.74, 6) is 0.127. The molecule has 0 aliphatic carbocycles. The third-order valence-corrected chi connectivity index (χ3v) is 4.52. The van der Waals surface area contributed by atoms with Crippen LogP contribution in [0.2, 0.25) is 5.02 Å². The Morgan fingerprint density at radius 3 is 2.46 bits per heavy atom. The lowest BCUT2D eigenvalue weighted by molar-refractivity contribution is 0.0951. The molecule has 0 aliphatic rings. The molecular formula is C16H17ClN2O4S. The maximum atomic E-state index is 12.2. The summed E-state index contributed by atoms with van der Waals surface area (Å²) in [6.45, 7) is 0.388. The maximum Gasteiger partial charge on any atom is 0.255 e. The number of carbonyl (C=O) groups excluding carboxylic acids is 1. The highest BCUT2D eigenvalue weighted by atomic mass is 35.5. The standard InChI is InChI=1S/C16H17ClN2O4S/c1-23-15-10-12(17)4-7-14(15)16(20)19-9-8-11-2-5-13(6-3-11)24(18,21)22/h2-7,10H,8-9H2,1H3,(H,19,20)(H2,18,21,22). The molecule has 0 atom stereocenters. The van der Waals surface area contributed by atoms with Crippen LogP contribution in [0.15, 0.2) is 47.4 Å². The Bertz CT molecular complexity index is 836. The van der Waals surface area contributed by atoms with Gasteiger partial charge in [-0.2, -0.15) is 0 Å². The third-order valence-electron chi connectivity index (χ3n) is 3.36. The van der Waals surface area contributed by atoms with E-state index in [0.29, 0.717) is 29.3 Å². The van der Waals surface area contributed by atoms with Crippen LogP contribution in [-0.2, 0) is 16.4 Å². The molecule has 0 saturated carbocycles. The number of halogens is 1. The van der Waals surface area contributed by atoms with E-state index < -0.39 is 10.0 Å². The molecule has 0 fully saturated rings. The lowest BCUT2D eigenvalue weighted by atomic mass is 10.1. The van der Waals surface area contributed by atoms with Crippen molar-refractivity contribution in [3.05, 3.63) is 58.6 Å². The first kappa shape index (κ1) is 18.3. The Morgan fingerprint density at radius 1 is 1.21 bits per heavy atom. The summed E-state index contributed by atoms with van der Waals surface area (Å²) in [5.41, 5.74) is 1.28. The number of benzene rings is 2. The molecule has 0 aromatic heterocycles. The number of nitrogens with one attached hydrogen (secondary N) is 1. The number of carbonyl (C=O) groups is 1. The van der Waals surface area contributed by atoms with Crippen LogP contribution in [0.25, 0.3) is 0 Å². The fourth-order valence-corrected chi connectivity index (χ4v) is 2.79. The monoisotopic (exact) mass is 368 g/mol. The highest BCUT2D eigenvalue weighted by Crippen LogP contribution is 2.22. The number of amides is 1. The quantitative estimate of drug-likeness (QED) is 0.814. The second-order valence-corrected chi connectivity index (χ2v) is 7.04.